The molecule has 2 aromatic carbocycles. The van der Waals surface area contributed by atoms with Gasteiger partial charge in [0.05, 0.1) is 11.4 Å². The summed E-state index contributed by atoms with van der Waals surface area (Å²) in [6.07, 6.45) is 0. The summed E-state index contributed by atoms with van der Waals surface area (Å²) in [5.74, 6) is -1.37. The van der Waals surface area contributed by atoms with E-state index in [4.69, 9.17) is 11.6 Å². The number of rotatable bonds is 9. The number of carbonyl (C=O) groups excluding carboxylic acids is 2. The maximum Gasteiger partial charge on any atom is 0.243 e. The molecule has 32 heavy (non-hydrogen) atoms. The van der Waals surface area contributed by atoms with Crippen molar-refractivity contribution >= 4 is 33.4 Å². The highest BCUT2D eigenvalue weighted by molar-refractivity contribution is 7.89. The Hall–Kier alpha value is -2.49. The summed E-state index contributed by atoms with van der Waals surface area (Å²) in [5.41, 5.74) is 0.604. The fourth-order valence-corrected chi connectivity index (χ4v) is 4.17. The molecule has 1 N–H and O–H groups in total. The summed E-state index contributed by atoms with van der Waals surface area (Å²) in [6, 6.07) is 10.1. The van der Waals surface area contributed by atoms with Crippen molar-refractivity contribution in [2.45, 2.75) is 44.3 Å². The van der Waals surface area contributed by atoms with E-state index in [1.165, 1.54) is 60.5 Å². The van der Waals surface area contributed by atoms with Gasteiger partial charge < -0.3 is 10.2 Å². The molecule has 0 aliphatic heterocycles. The molecule has 2 amide bonds. The van der Waals surface area contributed by atoms with Gasteiger partial charge in [-0.05, 0) is 62.7 Å². The lowest BCUT2D eigenvalue weighted by atomic mass is 10.1. The van der Waals surface area contributed by atoms with Crippen LogP contribution < -0.4 is 5.32 Å². The molecule has 0 aliphatic rings. The highest BCUT2D eigenvalue weighted by atomic mass is 35.5. The Kier molecular flexibility index (Phi) is 8.77. The molecular formula is C22H27ClFN3O4S. The van der Waals surface area contributed by atoms with E-state index in [1.807, 2.05) is 0 Å². The molecule has 0 bridgehead atoms. The van der Waals surface area contributed by atoms with Crippen molar-refractivity contribution in [1.82, 2.24) is 14.5 Å². The zero-order valence-corrected chi connectivity index (χ0v) is 20.0. The van der Waals surface area contributed by atoms with Crippen LogP contribution in [-0.4, -0.2) is 55.1 Å². The molecule has 0 heterocycles. The molecule has 0 unspecified atom stereocenters. The molecular weight excluding hydrogens is 457 g/mol. The molecule has 10 heteroatoms. The van der Waals surface area contributed by atoms with Crippen molar-refractivity contribution < 1.29 is 22.4 Å². The number of likely N-dealkylation sites (N-methyl/N-ethyl adjacent to an activating group) is 1. The Labute approximate surface area is 193 Å². The fraction of sp³-hybridized carbons (Fsp3) is 0.364. The quantitative estimate of drug-likeness (QED) is 0.594. The van der Waals surface area contributed by atoms with E-state index in [0.29, 0.717) is 10.6 Å². The zero-order chi connectivity index (χ0) is 24.1. The van der Waals surface area contributed by atoms with Crippen molar-refractivity contribution in [2.24, 2.45) is 0 Å². The lowest BCUT2D eigenvalue weighted by molar-refractivity contribution is -0.140. The number of carbonyl (C=O) groups is 2. The third-order valence-corrected chi connectivity index (χ3v) is 6.81. The first-order valence-corrected chi connectivity index (χ1v) is 11.8. The van der Waals surface area contributed by atoms with Crippen molar-refractivity contribution in [1.29, 1.82) is 0 Å². The van der Waals surface area contributed by atoms with Crippen LogP contribution in [0.4, 0.5) is 4.39 Å². The minimum Gasteiger partial charge on any atom is -0.352 e. The Morgan fingerprint density at radius 2 is 1.59 bits per heavy atom. The zero-order valence-electron chi connectivity index (χ0n) is 18.4. The summed E-state index contributed by atoms with van der Waals surface area (Å²) in [4.78, 5) is 27.0. The second-order valence-corrected chi connectivity index (χ2v) is 10.2. The summed E-state index contributed by atoms with van der Waals surface area (Å²) in [6.45, 7) is 4.69. The summed E-state index contributed by atoms with van der Waals surface area (Å²) >= 11 is 5.82. The number of halogens is 2. The van der Waals surface area contributed by atoms with Gasteiger partial charge in [-0.15, -0.1) is 0 Å². The first-order valence-electron chi connectivity index (χ1n) is 9.98. The van der Waals surface area contributed by atoms with E-state index in [1.54, 1.807) is 20.8 Å². The van der Waals surface area contributed by atoms with E-state index in [2.05, 4.69) is 5.32 Å². The van der Waals surface area contributed by atoms with Gasteiger partial charge in [0.2, 0.25) is 21.8 Å². The number of nitrogens with zero attached hydrogens (tertiary/aromatic N) is 2. The van der Waals surface area contributed by atoms with Gasteiger partial charge in [-0.3, -0.25) is 9.59 Å². The standard InChI is InChI=1S/C22H27ClFN3O4S/c1-15(2)25-22(29)16(3)27(13-17-5-9-19(24)10-6-17)21(28)14-26(4)32(30,31)20-11-7-18(23)8-12-20/h5-12,15-16H,13-14H2,1-4H3,(H,25,29)/t16-/m1/s1. The first-order chi connectivity index (χ1) is 14.9. The maximum absolute atomic E-state index is 13.3. The molecule has 0 radical (unpaired) electrons. The average molecular weight is 484 g/mol. The number of hydrogen-bond acceptors (Lipinski definition) is 4. The molecule has 0 saturated heterocycles. The normalized spacial score (nSPS) is 12.6. The summed E-state index contributed by atoms with van der Waals surface area (Å²) in [5, 5.41) is 3.14. The predicted octanol–water partition coefficient (Wildman–Crippen LogP) is 3.04. The van der Waals surface area contributed by atoms with Gasteiger partial charge in [-0.1, -0.05) is 23.7 Å². The molecule has 0 spiro atoms. The number of nitrogens with one attached hydrogen (secondary N) is 1. The van der Waals surface area contributed by atoms with E-state index >= 15 is 0 Å². The highest BCUT2D eigenvalue weighted by Crippen LogP contribution is 2.18. The minimum absolute atomic E-state index is 0.00659. The summed E-state index contributed by atoms with van der Waals surface area (Å²) in [7, 11) is -2.66. The molecule has 0 aromatic heterocycles. The SMILES string of the molecule is CC(C)NC(=O)[C@@H](C)N(Cc1ccc(F)cc1)C(=O)CN(C)S(=O)(=O)c1ccc(Cl)cc1. The average Bonchev–Trinajstić information content (AvgIpc) is 2.72. The Balaban J connectivity index is 2.26. The van der Waals surface area contributed by atoms with Gasteiger partial charge in [0.15, 0.2) is 0 Å². The van der Waals surface area contributed by atoms with Crippen LogP contribution in [0.5, 0.6) is 0 Å². The van der Waals surface area contributed by atoms with E-state index in [-0.39, 0.29) is 23.4 Å². The van der Waals surface area contributed by atoms with Crippen LogP contribution in [0, 0.1) is 5.82 Å². The smallest absolute Gasteiger partial charge is 0.243 e. The third-order valence-electron chi connectivity index (χ3n) is 4.74. The lowest BCUT2D eigenvalue weighted by Crippen LogP contribution is -2.51. The largest absolute Gasteiger partial charge is 0.352 e. The second kappa shape index (κ2) is 10.9. The monoisotopic (exact) mass is 483 g/mol. The van der Waals surface area contributed by atoms with E-state index in [9.17, 15) is 22.4 Å². The highest BCUT2D eigenvalue weighted by Gasteiger charge is 2.30. The first kappa shape index (κ1) is 25.8. The van der Waals surface area contributed by atoms with Gasteiger partial charge >= 0.3 is 0 Å². The van der Waals surface area contributed by atoms with Gasteiger partial charge in [0, 0.05) is 24.7 Å². The lowest BCUT2D eigenvalue weighted by Gasteiger charge is -2.30. The maximum atomic E-state index is 13.3. The molecule has 174 valence electrons. The van der Waals surface area contributed by atoms with Crippen molar-refractivity contribution in [3.63, 3.8) is 0 Å². The number of amides is 2. The van der Waals surface area contributed by atoms with Crippen LogP contribution >= 0.6 is 11.6 Å². The fourth-order valence-electron chi connectivity index (χ4n) is 2.93. The molecule has 1 atom stereocenters. The Morgan fingerprint density at radius 1 is 1.03 bits per heavy atom. The van der Waals surface area contributed by atoms with E-state index < -0.39 is 34.3 Å². The van der Waals surface area contributed by atoms with Crippen LogP contribution in [0.3, 0.4) is 0 Å². The Morgan fingerprint density at radius 3 is 2.12 bits per heavy atom. The molecule has 7 nitrogen and oxygen atoms in total. The van der Waals surface area contributed by atoms with Gasteiger partial charge in [-0.25, -0.2) is 12.8 Å². The molecule has 2 aromatic rings. The number of hydrogen-bond donors (Lipinski definition) is 1. The van der Waals surface area contributed by atoms with Crippen LogP contribution in [0.25, 0.3) is 0 Å². The van der Waals surface area contributed by atoms with Crippen LogP contribution in [0.2, 0.25) is 5.02 Å². The Bertz CT molecular complexity index is 1040. The van der Waals surface area contributed by atoms with Crippen LogP contribution in [0.1, 0.15) is 26.3 Å². The molecule has 0 aliphatic carbocycles. The van der Waals surface area contributed by atoms with Crippen molar-refractivity contribution in [3.05, 3.63) is 64.9 Å². The van der Waals surface area contributed by atoms with Crippen LogP contribution in [-0.2, 0) is 26.2 Å². The van der Waals surface area contributed by atoms with Crippen molar-refractivity contribution in [3.8, 4) is 0 Å². The van der Waals surface area contributed by atoms with E-state index in [0.717, 1.165) is 4.31 Å². The van der Waals surface area contributed by atoms with Crippen molar-refractivity contribution in [2.75, 3.05) is 13.6 Å². The molecule has 0 saturated carbocycles. The second-order valence-electron chi connectivity index (χ2n) is 7.70. The topological polar surface area (TPSA) is 86.8 Å². The van der Waals surface area contributed by atoms with Gasteiger partial charge in [0.1, 0.15) is 11.9 Å². The van der Waals surface area contributed by atoms with Gasteiger partial charge in [0.25, 0.3) is 0 Å². The van der Waals surface area contributed by atoms with Gasteiger partial charge in [-0.2, -0.15) is 4.31 Å². The molecule has 2 rings (SSSR count). The minimum atomic E-state index is -3.95. The summed E-state index contributed by atoms with van der Waals surface area (Å²) < 4.78 is 39.9. The van der Waals surface area contributed by atoms with Crippen LogP contribution in [0.15, 0.2) is 53.4 Å². The predicted molar refractivity (Wildman–Crippen MR) is 121 cm³/mol. The molecule has 0 fully saturated rings. The third kappa shape index (κ3) is 6.75. The number of benzene rings is 2. The number of sulfonamides is 1.